The van der Waals surface area contributed by atoms with Gasteiger partial charge in [0.2, 0.25) is 0 Å². The number of hydrogen-bond acceptors (Lipinski definition) is 9. The highest BCUT2D eigenvalue weighted by atomic mass is 32.1. The first-order chi connectivity index (χ1) is 17.3. The van der Waals surface area contributed by atoms with Gasteiger partial charge in [0.15, 0.2) is 5.13 Å². The molecule has 0 radical (unpaired) electrons. The molecule has 0 spiro atoms. The molecule has 1 aliphatic rings. The quantitative estimate of drug-likeness (QED) is 0.209. The summed E-state index contributed by atoms with van der Waals surface area (Å²) in [6.45, 7) is 4.12. The topological polar surface area (TPSA) is 126 Å². The van der Waals surface area contributed by atoms with Crippen molar-refractivity contribution in [1.82, 2.24) is 4.98 Å². The van der Waals surface area contributed by atoms with E-state index in [1.54, 1.807) is 43.3 Å². The molecule has 3 aromatic rings. The average molecular weight is 509 g/mol. The Kier molecular flexibility index (Phi) is 7.07. The number of carbonyl (C=O) groups excluding carboxylic acids is 3. The Hall–Kier alpha value is -4.18. The van der Waals surface area contributed by atoms with Crippen molar-refractivity contribution in [3.63, 3.8) is 0 Å². The summed E-state index contributed by atoms with van der Waals surface area (Å²) in [5, 5.41) is 21.1. The van der Waals surface area contributed by atoms with E-state index in [-0.39, 0.29) is 27.1 Å². The molecule has 0 aliphatic carbocycles. The first-order valence-electron chi connectivity index (χ1n) is 11.2. The van der Waals surface area contributed by atoms with E-state index in [0.717, 1.165) is 22.7 Å². The van der Waals surface area contributed by atoms with Crippen molar-refractivity contribution in [3.05, 3.63) is 75.8 Å². The molecule has 186 valence electrons. The number of aliphatic hydroxyl groups is 1. The summed E-state index contributed by atoms with van der Waals surface area (Å²) in [4.78, 5) is 44.3. The normalized spacial score (nSPS) is 16.9. The number of aliphatic hydroxyl groups excluding tert-OH is 1. The lowest BCUT2D eigenvalue weighted by Crippen LogP contribution is -2.29. The molecule has 2 N–H and O–H groups in total. The lowest BCUT2D eigenvalue weighted by Gasteiger charge is -2.23. The molecule has 36 heavy (non-hydrogen) atoms. The number of ether oxygens (including phenoxy) is 2. The standard InChI is InChI=1S/C26H24N2O7S/c1-4-13-35-18-11-7-16(8-12-18)21(30)19-20(15-5-9-17(29)10-6-15)28(24(32)22(19)31)26-27-14(2)23(36-26)25(33)34-3/h5-12,20,29-30H,4,13H2,1-3H3/t20-/m1/s1. The Labute approximate surface area is 211 Å². The number of Topliss-reactive ketones (excluding diaryl/α,β-unsaturated/α-hetero) is 1. The van der Waals surface area contributed by atoms with Gasteiger partial charge in [0.25, 0.3) is 5.78 Å². The second-order valence-electron chi connectivity index (χ2n) is 8.04. The second kappa shape index (κ2) is 10.2. The number of nitrogens with zero attached hydrogens (tertiary/aromatic N) is 2. The maximum atomic E-state index is 13.2. The molecule has 0 bridgehead atoms. The Morgan fingerprint density at radius 2 is 1.78 bits per heavy atom. The van der Waals surface area contributed by atoms with E-state index < -0.39 is 23.7 Å². The zero-order valence-corrected chi connectivity index (χ0v) is 20.7. The highest BCUT2D eigenvalue weighted by Gasteiger charge is 2.48. The molecular weight excluding hydrogens is 484 g/mol. The van der Waals surface area contributed by atoms with Crippen molar-refractivity contribution in [1.29, 1.82) is 0 Å². The number of benzene rings is 2. The maximum Gasteiger partial charge on any atom is 0.350 e. The van der Waals surface area contributed by atoms with Crippen LogP contribution in [-0.2, 0) is 14.3 Å². The lowest BCUT2D eigenvalue weighted by molar-refractivity contribution is -0.132. The smallest absolute Gasteiger partial charge is 0.350 e. The number of aromatic nitrogens is 1. The number of esters is 1. The van der Waals surface area contributed by atoms with Gasteiger partial charge in [-0.05, 0) is 55.3 Å². The monoisotopic (exact) mass is 508 g/mol. The van der Waals surface area contributed by atoms with Crippen LogP contribution in [0.25, 0.3) is 5.76 Å². The van der Waals surface area contributed by atoms with Gasteiger partial charge in [-0.15, -0.1) is 0 Å². The number of aromatic hydroxyl groups is 1. The number of phenolic OH excluding ortho intramolecular Hbond substituents is 1. The summed E-state index contributed by atoms with van der Waals surface area (Å²) in [7, 11) is 1.24. The summed E-state index contributed by atoms with van der Waals surface area (Å²) in [5.74, 6) is -2.17. The molecule has 1 aromatic heterocycles. The van der Waals surface area contributed by atoms with Gasteiger partial charge in [-0.2, -0.15) is 0 Å². The van der Waals surface area contributed by atoms with Crippen LogP contribution < -0.4 is 9.64 Å². The largest absolute Gasteiger partial charge is 0.508 e. The molecule has 9 nitrogen and oxygen atoms in total. The van der Waals surface area contributed by atoms with Gasteiger partial charge in [0, 0.05) is 5.56 Å². The van der Waals surface area contributed by atoms with E-state index in [9.17, 15) is 24.6 Å². The van der Waals surface area contributed by atoms with Crippen LogP contribution in [0.1, 0.15) is 45.9 Å². The first kappa shape index (κ1) is 24.9. The second-order valence-corrected chi connectivity index (χ2v) is 9.01. The number of hydrogen-bond donors (Lipinski definition) is 2. The van der Waals surface area contributed by atoms with Gasteiger partial charge in [-0.3, -0.25) is 14.5 Å². The Bertz CT molecular complexity index is 1340. The molecule has 0 unspecified atom stereocenters. The summed E-state index contributed by atoms with van der Waals surface area (Å²) in [5.41, 5.74) is 0.992. The summed E-state index contributed by atoms with van der Waals surface area (Å²) in [6, 6.07) is 11.4. The van der Waals surface area contributed by atoms with Gasteiger partial charge < -0.3 is 19.7 Å². The number of rotatable bonds is 7. The number of methoxy groups -OCH3 is 1. The van der Waals surface area contributed by atoms with Crippen LogP contribution in [-0.4, -0.2) is 46.6 Å². The number of thiazole rings is 1. The predicted octanol–water partition coefficient (Wildman–Crippen LogP) is 4.36. The SMILES string of the molecule is CCCOc1ccc(C(O)=C2C(=O)C(=O)N(c3nc(C)c(C(=O)OC)s3)[C@@H]2c2ccc(O)cc2)cc1. The minimum absolute atomic E-state index is 0.00330. The third kappa shape index (κ3) is 4.55. The van der Waals surface area contributed by atoms with Gasteiger partial charge in [0.1, 0.15) is 22.1 Å². The fourth-order valence-corrected chi connectivity index (χ4v) is 4.87. The van der Waals surface area contributed by atoms with Crippen LogP contribution in [0.2, 0.25) is 0 Å². The molecular formula is C26H24N2O7S. The fraction of sp³-hybridized carbons (Fsp3) is 0.231. The van der Waals surface area contributed by atoms with Crippen molar-refractivity contribution in [2.24, 2.45) is 0 Å². The van der Waals surface area contributed by atoms with E-state index >= 15 is 0 Å². The van der Waals surface area contributed by atoms with Crippen molar-refractivity contribution in [2.75, 3.05) is 18.6 Å². The van der Waals surface area contributed by atoms with Gasteiger partial charge in [-0.25, -0.2) is 9.78 Å². The van der Waals surface area contributed by atoms with Crippen molar-refractivity contribution >= 4 is 39.9 Å². The summed E-state index contributed by atoms with van der Waals surface area (Å²) in [6.07, 6.45) is 0.839. The van der Waals surface area contributed by atoms with E-state index in [2.05, 4.69) is 4.98 Å². The van der Waals surface area contributed by atoms with Crippen LogP contribution in [0, 0.1) is 6.92 Å². The van der Waals surface area contributed by atoms with Crippen molar-refractivity contribution < 1.29 is 34.1 Å². The molecule has 2 aromatic carbocycles. The fourth-order valence-electron chi connectivity index (χ4n) is 3.85. The number of aryl methyl sites for hydroxylation is 1. The third-order valence-corrected chi connectivity index (χ3v) is 6.75. The number of ketones is 1. The average Bonchev–Trinajstić information content (AvgIpc) is 3.39. The van der Waals surface area contributed by atoms with Gasteiger partial charge >= 0.3 is 11.9 Å². The molecule has 1 fully saturated rings. The first-order valence-corrected chi connectivity index (χ1v) is 12.0. The molecule has 0 saturated carbocycles. The van der Waals surface area contributed by atoms with Crippen LogP contribution in [0.5, 0.6) is 11.5 Å². The highest BCUT2D eigenvalue weighted by molar-refractivity contribution is 7.17. The summed E-state index contributed by atoms with van der Waals surface area (Å²) < 4.78 is 10.4. The molecule has 1 atom stereocenters. The Morgan fingerprint density at radius 1 is 1.11 bits per heavy atom. The van der Waals surface area contributed by atoms with E-state index in [1.165, 1.54) is 19.2 Å². The summed E-state index contributed by atoms with van der Waals surface area (Å²) >= 11 is 0.913. The third-order valence-electron chi connectivity index (χ3n) is 5.62. The highest BCUT2D eigenvalue weighted by Crippen LogP contribution is 2.44. The van der Waals surface area contributed by atoms with Gasteiger partial charge in [0.05, 0.1) is 31.0 Å². The maximum absolute atomic E-state index is 13.2. The van der Waals surface area contributed by atoms with Crippen molar-refractivity contribution in [3.8, 4) is 11.5 Å². The molecule has 1 amide bonds. The molecule has 2 heterocycles. The van der Waals surface area contributed by atoms with Crippen molar-refractivity contribution in [2.45, 2.75) is 26.3 Å². The van der Waals surface area contributed by atoms with E-state index in [0.29, 0.717) is 29.2 Å². The van der Waals surface area contributed by atoms with Crippen LogP contribution in [0.4, 0.5) is 5.13 Å². The predicted molar refractivity (Wildman–Crippen MR) is 133 cm³/mol. The minimum Gasteiger partial charge on any atom is -0.508 e. The molecule has 1 aliphatic heterocycles. The molecule has 1 saturated heterocycles. The molecule has 10 heteroatoms. The van der Waals surface area contributed by atoms with E-state index in [4.69, 9.17) is 9.47 Å². The van der Waals surface area contributed by atoms with Gasteiger partial charge in [-0.1, -0.05) is 30.4 Å². The zero-order valence-electron chi connectivity index (χ0n) is 19.8. The number of phenols is 1. The zero-order chi connectivity index (χ0) is 26.0. The van der Waals surface area contributed by atoms with Crippen LogP contribution in [0.15, 0.2) is 54.1 Å². The lowest BCUT2D eigenvalue weighted by atomic mass is 9.95. The number of carbonyl (C=O) groups is 3. The van der Waals surface area contributed by atoms with E-state index in [1.807, 2.05) is 6.92 Å². The Balaban J connectivity index is 1.85. The number of anilines is 1. The van der Waals surface area contributed by atoms with Crippen LogP contribution in [0.3, 0.4) is 0 Å². The molecule has 4 rings (SSSR count). The minimum atomic E-state index is -1.04. The Morgan fingerprint density at radius 3 is 2.39 bits per heavy atom. The number of amides is 1. The van der Waals surface area contributed by atoms with Crippen LogP contribution >= 0.6 is 11.3 Å².